The van der Waals surface area contributed by atoms with Gasteiger partial charge in [-0.1, -0.05) is 6.92 Å². The van der Waals surface area contributed by atoms with Crippen molar-refractivity contribution in [1.82, 2.24) is 9.88 Å². The van der Waals surface area contributed by atoms with Crippen LogP contribution in [0.1, 0.15) is 24.6 Å². The van der Waals surface area contributed by atoms with E-state index in [1.807, 2.05) is 6.20 Å². The van der Waals surface area contributed by atoms with Crippen molar-refractivity contribution in [2.24, 2.45) is 0 Å². The number of hydrogen-bond acceptors (Lipinski definition) is 7. The molecule has 0 radical (unpaired) electrons. The Morgan fingerprint density at radius 1 is 1.30 bits per heavy atom. The molecule has 2 aliphatic rings. The smallest absolute Gasteiger partial charge is 0.185 e. The molecule has 2 saturated heterocycles. The molecular formula is C16H27N3O3S. The second-order valence-corrected chi connectivity index (χ2v) is 7.58. The molecule has 0 amide bonds. The van der Waals surface area contributed by atoms with Crippen LogP contribution in [-0.4, -0.2) is 77.7 Å². The fourth-order valence-electron chi connectivity index (χ4n) is 3.20. The van der Waals surface area contributed by atoms with Crippen molar-refractivity contribution in [2.75, 3.05) is 50.8 Å². The average molecular weight is 341 g/mol. The van der Waals surface area contributed by atoms with Crippen LogP contribution in [0.5, 0.6) is 0 Å². The van der Waals surface area contributed by atoms with Crippen molar-refractivity contribution in [3.8, 4) is 0 Å². The second-order valence-electron chi connectivity index (χ2n) is 6.48. The number of aromatic nitrogens is 1. The number of thiazole rings is 1. The molecular weight excluding hydrogens is 314 g/mol. The molecule has 130 valence electrons. The standard InChI is InChI=1S/C16H27N3O3S/c1-2-13-11-17-15(23-13)19-7-5-18(6-8-19)12-14(20)16(21)3-9-22-10-4-16/h11,14,20-21H,2-10,12H2,1H3. The summed E-state index contributed by atoms with van der Waals surface area (Å²) in [5.74, 6) is 0. The minimum atomic E-state index is -0.985. The van der Waals surface area contributed by atoms with Crippen molar-refractivity contribution in [3.63, 3.8) is 0 Å². The van der Waals surface area contributed by atoms with E-state index in [2.05, 4.69) is 21.7 Å². The highest BCUT2D eigenvalue weighted by Crippen LogP contribution is 2.26. The first-order chi connectivity index (χ1) is 11.1. The molecule has 6 nitrogen and oxygen atoms in total. The summed E-state index contributed by atoms with van der Waals surface area (Å²) in [6.07, 6.45) is 3.34. The van der Waals surface area contributed by atoms with Crippen LogP contribution in [-0.2, 0) is 11.2 Å². The molecule has 0 bridgehead atoms. The first kappa shape index (κ1) is 17.1. The lowest BCUT2D eigenvalue weighted by molar-refractivity contribution is -0.138. The molecule has 23 heavy (non-hydrogen) atoms. The molecule has 1 aromatic heterocycles. The molecule has 0 saturated carbocycles. The van der Waals surface area contributed by atoms with Gasteiger partial charge < -0.3 is 19.8 Å². The van der Waals surface area contributed by atoms with Gasteiger partial charge in [0.15, 0.2) is 5.13 Å². The highest BCUT2D eigenvalue weighted by Gasteiger charge is 2.38. The maximum absolute atomic E-state index is 10.6. The zero-order valence-electron chi connectivity index (χ0n) is 13.8. The summed E-state index contributed by atoms with van der Waals surface area (Å²) < 4.78 is 5.28. The van der Waals surface area contributed by atoms with Crippen LogP contribution in [0, 0.1) is 0 Å². The third kappa shape index (κ3) is 4.03. The highest BCUT2D eigenvalue weighted by molar-refractivity contribution is 7.15. The van der Waals surface area contributed by atoms with E-state index >= 15 is 0 Å². The largest absolute Gasteiger partial charge is 0.389 e. The minimum absolute atomic E-state index is 0.521. The van der Waals surface area contributed by atoms with Gasteiger partial charge in [0.1, 0.15) is 0 Å². The Balaban J connectivity index is 1.48. The van der Waals surface area contributed by atoms with E-state index in [0.717, 1.165) is 37.7 Å². The molecule has 1 aromatic rings. The molecule has 2 N–H and O–H groups in total. The quantitative estimate of drug-likeness (QED) is 0.823. The van der Waals surface area contributed by atoms with E-state index in [4.69, 9.17) is 4.74 Å². The summed E-state index contributed by atoms with van der Waals surface area (Å²) in [5, 5.41) is 22.1. The Bertz CT molecular complexity index is 497. The lowest BCUT2D eigenvalue weighted by atomic mass is 9.88. The van der Waals surface area contributed by atoms with Crippen LogP contribution >= 0.6 is 11.3 Å². The number of aryl methyl sites for hydroxylation is 1. The number of nitrogens with zero attached hydrogens (tertiary/aromatic N) is 3. The molecule has 2 fully saturated rings. The highest BCUT2D eigenvalue weighted by atomic mass is 32.1. The van der Waals surface area contributed by atoms with E-state index in [-0.39, 0.29) is 0 Å². The molecule has 3 rings (SSSR count). The number of β-amino-alcohol motifs (C(OH)–C–C–N with tert-alkyl or cyclic N) is 1. The lowest BCUT2D eigenvalue weighted by Gasteiger charge is -2.40. The number of aliphatic hydroxyl groups excluding tert-OH is 1. The van der Waals surface area contributed by atoms with E-state index in [1.54, 1.807) is 11.3 Å². The van der Waals surface area contributed by atoms with Gasteiger partial charge in [-0.05, 0) is 6.42 Å². The van der Waals surface area contributed by atoms with Crippen molar-refractivity contribution in [2.45, 2.75) is 37.9 Å². The first-order valence-corrected chi connectivity index (χ1v) is 9.32. The number of anilines is 1. The Morgan fingerprint density at radius 2 is 2.00 bits per heavy atom. The summed E-state index contributed by atoms with van der Waals surface area (Å²) in [7, 11) is 0. The number of rotatable bonds is 5. The molecule has 7 heteroatoms. The summed E-state index contributed by atoms with van der Waals surface area (Å²) >= 11 is 1.77. The van der Waals surface area contributed by atoms with Crippen LogP contribution in [0.25, 0.3) is 0 Å². The Labute approximate surface area is 141 Å². The molecule has 2 aliphatic heterocycles. The van der Waals surface area contributed by atoms with E-state index < -0.39 is 11.7 Å². The molecule has 0 aromatic carbocycles. The fourth-order valence-corrected chi connectivity index (χ4v) is 4.10. The number of aliphatic hydroxyl groups is 2. The van der Waals surface area contributed by atoms with Gasteiger partial charge in [0, 0.05) is 69.9 Å². The van der Waals surface area contributed by atoms with Gasteiger partial charge in [-0.3, -0.25) is 4.90 Å². The predicted molar refractivity (Wildman–Crippen MR) is 91.2 cm³/mol. The van der Waals surface area contributed by atoms with Crippen LogP contribution in [0.2, 0.25) is 0 Å². The van der Waals surface area contributed by atoms with Gasteiger partial charge in [-0.2, -0.15) is 0 Å². The lowest BCUT2D eigenvalue weighted by Crippen LogP contribution is -2.55. The third-order valence-electron chi connectivity index (χ3n) is 4.94. The van der Waals surface area contributed by atoms with Crippen molar-refractivity contribution in [1.29, 1.82) is 0 Å². The van der Waals surface area contributed by atoms with Crippen LogP contribution in [0.4, 0.5) is 5.13 Å². The van der Waals surface area contributed by atoms with Gasteiger partial charge in [0.25, 0.3) is 0 Å². The molecule has 3 heterocycles. The van der Waals surface area contributed by atoms with Gasteiger partial charge >= 0.3 is 0 Å². The minimum Gasteiger partial charge on any atom is -0.389 e. The van der Waals surface area contributed by atoms with Gasteiger partial charge in [0.2, 0.25) is 0 Å². The van der Waals surface area contributed by atoms with Crippen LogP contribution < -0.4 is 4.90 Å². The number of piperazine rings is 1. The van der Waals surface area contributed by atoms with Gasteiger partial charge in [-0.15, -0.1) is 11.3 Å². The zero-order chi connectivity index (χ0) is 16.3. The SMILES string of the molecule is CCc1cnc(N2CCN(CC(O)C3(O)CCOCC3)CC2)s1. The monoisotopic (exact) mass is 341 g/mol. The van der Waals surface area contributed by atoms with Crippen LogP contribution in [0.3, 0.4) is 0 Å². The normalized spacial score (nSPS) is 23.9. The molecule has 0 spiro atoms. The number of ether oxygens (including phenoxy) is 1. The Kier molecular flexibility index (Phi) is 5.53. The summed E-state index contributed by atoms with van der Waals surface area (Å²) in [6, 6.07) is 0. The van der Waals surface area contributed by atoms with E-state index in [9.17, 15) is 10.2 Å². The maximum Gasteiger partial charge on any atom is 0.185 e. The third-order valence-corrected chi connectivity index (χ3v) is 6.15. The summed E-state index contributed by atoms with van der Waals surface area (Å²) in [5.41, 5.74) is -0.985. The number of hydrogen-bond donors (Lipinski definition) is 2. The molecule has 1 atom stereocenters. The summed E-state index contributed by atoms with van der Waals surface area (Å²) in [4.78, 5) is 10.4. The van der Waals surface area contributed by atoms with Gasteiger partial charge in [0.05, 0.1) is 11.7 Å². The van der Waals surface area contributed by atoms with Crippen molar-refractivity contribution >= 4 is 16.5 Å². The topological polar surface area (TPSA) is 69.1 Å². The maximum atomic E-state index is 10.6. The molecule has 0 aliphatic carbocycles. The zero-order valence-corrected chi connectivity index (χ0v) is 14.6. The van der Waals surface area contributed by atoms with E-state index in [0.29, 0.717) is 32.6 Å². The Morgan fingerprint density at radius 3 is 2.61 bits per heavy atom. The van der Waals surface area contributed by atoms with Crippen molar-refractivity contribution in [3.05, 3.63) is 11.1 Å². The van der Waals surface area contributed by atoms with Gasteiger partial charge in [-0.25, -0.2) is 4.98 Å². The fraction of sp³-hybridized carbons (Fsp3) is 0.812. The Hall–Kier alpha value is -0.730. The van der Waals surface area contributed by atoms with Crippen LogP contribution in [0.15, 0.2) is 6.20 Å². The first-order valence-electron chi connectivity index (χ1n) is 8.51. The van der Waals surface area contributed by atoms with E-state index in [1.165, 1.54) is 4.88 Å². The summed E-state index contributed by atoms with van der Waals surface area (Å²) in [6.45, 7) is 7.38. The predicted octanol–water partition coefficient (Wildman–Crippen LogP) is 0.730. The van der Waals surface area contributed by atoms with Crippen molar-refractivity contribution < 1.29 is 14.9 Å². The molecule has 1 unspecified atom stereocenters. The second kappa shape index (κ2) is 7.44. The average Bonchev–Trinajstić information content (AvgIpc) is 3.05.